The van der Waals surface area contributed by atoms with Gasteiger partial charge in [-0.25, -0.2) is 0 Å². The number of nitrogens with one attached hydrogen (secondary N) is 1. The van der Waals surface area contributed by atoms with Gasteiger partial charge in [-0.15, -0.1) is 0 Å². The Hall–Kier alpha value is -0.120. The molecular weight excluding hydrogens is 178 g/mol. The first kappa shape index (κ1) is 13.9. The predicted molar refractivity (Wildman–Crippen MR) is 59.4 cm³/mol. The second-order valence-corrected chi connectivity index (χ2v) is 5.03. The Morgan fingerprint density at radius 3 is 2.29 bits per heavy atom. The highest BCUT2D eigenvalue weighted by Crippen LogP contribution is 2.24. The molecular formula is C11H25NO2. The molecule has 0 amide bonds. The summed E-state index contributed by atoms with van der Waals surface area (Å²) in [6, 6.07) is 0. The number of methoxy groups -OCH3 is 1. The van der Waals surface area contributed by atoms with Crippen molar-refractivity contribution in [2.24, 2.45) is 11.3 Å². The molecule has 3 nitrogen and oxygen atoms in total. The van der Waals surface area contributed by atoms with Gasteiger partial charge in [0.25, 0.3) is 0 Å². The van der Waals surface area contributed by atoms with Gasteiger partial charge in [-0.1, -0.05) is 27.7 Å². The number of hydrogen-bond acceptors (Lipinski definition) is 3. The molecule has 0 aliphatic carbocycles. The third kappa shape index (κ3) is 6.35. The van der Waals surface area contributed by atoms with Crippen LogP contribution in [0.1, 0.15) is 27.7 Å². The van der Waals surface area contributed by atoms with Crippen LogP contribution in [0.15, 0.2) is 0 Å². The van der Waals surface area contributed by atoms with E-state index in [0.29, 0.717) is 24.5 Å². The molecule has 14 heavy (non-hydrogen) atoms. The van der Waals surface area contributed by atoms with Gasteiger partial charge in [-0.2, -0.15) is 0 Å². The molecule has 0 aromatic heterocycles. The molecule has 0 saturated heterocycles. The first-order valence-electron chi connectivity index (χ1n) is 5.25. The molecule has 0 aliphatic heterocycles. The zero-order chi connectivity index (χ0) is 11.2. The van der Waals surface area contributed by atoms with E-state index in [2.05, 4.69) is 33.0 Å². The minimum Gasteiger partial charge on any atom is -0.389 e. The first-order valence-corrected chi connectivity index (χ1v) is 5.25. The Kier molecular flexibility index (Phi) is 6.33. The topological polar surface area (TPSA) is 41.5 Å². The van der Waals surface area contributed by atoms with Gasteiger partial charge in [0, 0.05) is 13.7 Å². The maximum Gasteiger partial charge on any atom is 0.0897 e. The summed E-state index contributed by atoms with van der Waals surface area (Å²) in [5.74, 6) is 0.595. The summed E-state index contributed by atoms with van der Waals surface area (Å²) >= 11 is 0. The monoisotopic (exact) mass is 203 g/mol. The molecule has 2 unspecified atom stereocenters. The van der Waals surface area contributed by atoms with E-state index in [0.717, 1.165) is 6.54 Å². The zero-order valence-electron chi connectivity index (χ0n) is 10.1. The molecule has 0 fully saturated rings. The molecule has 2 atom stereocenters. The van der Waals surface area contributed by atoms with E-state index in [4.69, 9.17) is 4.74 Å². The van der Waals surface area contributed by atoms with Crippen LogP contribution < -0.4 is 5.32 Å². The van der Waals surface area contributed by atoms with Gasteiger partial charge in [0.05, 0.1) is 12.7 Å². The molecule has 0 radical (unpaired) electrons. The van der Waals surface area contributed by atoms with E-state index >= 15 is 0 Å². The van der Waals surface area contributed by atoms with E-state index < -0.39 is 6.10 Å². The zero-order valence-corrected chi connectivity index (χ0v) is 10.1. The largest absolute Gasteiger partial charge is 0.389 e. The van der Waals surface area contributed by atoms with Gasteiger partial charge in [0.15, 0.2) is 0 Å². The van der Waals surface area contributed by atoms with Crippen LogP contribution in [-0.2, 0) is 4.74 Å². The van der Waals surface area contributed by atoms with Crippen LogP contribution in [0, 0.1) is 11.3 Å². The van der Waals surface area contributed by atoms with E-state index in [-0.39, 0.29) is 0 Å². The summed E-state index contributed by atoms with van der Waals surface area (Å²) in [5, 5.41) is 12.6. The van der Waals surface area contributed by atoms with Gasteiger partial charge < -0.3 is 15.2 Å². The summed E-state index contributed by atoms with van der Waals surface area (Å²) in [4.78, 5) is 0. The van der Waals surface area contributed by atoms with E-state index in [1.54, 1.807) is 7.11 Å². The van der Waals surface area contributed by atoms with Crippen molar-refractivity contribution in [2.75, 3.05) is 26.8 Å². The minimum absolute atomic E-state index is 0.319. The highest BCUT2D eigenvalue weighted by atomic mass is 16.5. The van der Waals surface area contributed by atoms with Crippen molar-refractivity contribution in [3.05, 3.63) is 0 Å². The number of rotatable bonds is 6. The van der Waals surface area contributed by atoms with Crippen molar-refractivity contribution in [1.82, 2.24) is 5.32 Å². The average molecular weight is 203 g/mol. The molecule has 0 rings (SSSR count). The summed E-state index contributed by atoms with van der Waals surface area (Å²) in [6.07, 6.45) is -0.396. The highest BCUT2D eigenvalue weighted by molar-refractivity contribution is 4.72. The van der Waals surface area contributed by atoms with Crippen LogP contribution in [0.2, 0.25) is 0 Å². The van der Waals surface area contributed by atoms with Gasteiger partial charge in [0.1, 0.15) is 0 Å². The molecule has 86 valence electrons. The van der Waals surface area contributed by atoms with Crippen molar-refractivity contribution in [3.63, 3.8) is 0 Å². The van der Waals surface area contributed by atoms with Gasteiger partial charge in [-0.3, -0.25) is 0 Å². The fourth-order valence-corrected chi connectivity index (χ4v) is 1.02. The number of aliphatic hydroxyl groups is 1. The van der Waals surface area contributed by atoms with Crippen LogP contribution in [0.25, 0.3) is 0 Å². The fraction of sp³-hybridized carbons (Fsp3) is 1.00. The van der Waals surface area contributed by atoms with Crippen molar-refractivity contribution >= 4 is 0 Å². The van der Waals surface area contributed by atoms with Crippen LogP contribution in [0.4, 0.5) is 0 Å². The molecule has 0 bridgehead atoms. The van der Waals surface area contributed by atoms with Crippen LogP contribution in [0.3, 0.4) is 0 Å². The van der Waals surface area contributed by atoms with Gasteiger partial charge in [-0.05, 0) is 17.9 Å². The van der Waals surface area contributed by atoms with Gasteiger partial charge >= 0.3 is 0 Å². The smallest absolute Gasteiger partial charge is 0.0897 e. The summed E-state index contributed by atoms with van der Waals surface area (Å²) in [5.41, 5.74) is 0.319. The maximum atomic E-state index is 9.38. The predicted octanol–water partition coefficient (Wildman–Crippen LogP) is 1.27. The molecule has 0 aromatic rings. The number of hydrogen-bond donors (Lipinski definition) is 2. The van der Waals surface area contributed by atoms with Crippen molar-refractivity contribution < 1.29 is 9.84 Å². The second-order valence-electron chi connectivity index (χ2n) is 5.03. The van der Waals surface area contributed by atoms with Crippen molar-refractivity contribution in [3.8, 4) is 0 Å². The first-order chi connectivity index (χ1) is 6.38. The quantitative estimate of drug-likeness (QED) is 0.683. The van der Waals surface area contributed by atoms with E-state index in [9.17, 15) is 5.11 Å². The molecule has 2 N–H and O–H groups in total. The van der Waals surface area contributed by atoms with Crippen LogP contribution in [0.5, 0.6) is 0 Å². The summed E-state index contributed by atoms with van der Waals surface area (Å²) in [7, 11) is 1.60. The Morgan fingerprint density at radius 2 is 1.86 bits per heavy atom. The standard InChI is InChI=1S/C11H25NO2/c1-9(11(2,3)4)6-12-7-10(13)8-14-5/h9-10,12-13H,6-8H2,1-5H3. The summed E-state index contributed by atoms with van der Waals surface area (Å²) < 4.78 is 4.84. The molecule has 0 heterocycles. The molecule has 3 heteroatoms. The maximum absolute atomic E-state index is 9.38. The lowest BCUT2D eigenvalue weighted by Crippen LogP contribution is -2.35. The van der Waals surface area contributed by atoms with Crippen LogP contribution >= 0.6 is 0 Å². The third-order valence-electron chi connectivity index (χ3n) is 2.67. The molecule has 0 aliphatic rings. The van der Waals surface area contributed by atoms with E-state index in [1.807, 2.05) is 0 Å². The Balaban J connectivity index is 3.54. The molecule has 0 aromatic carbocycles. The average Bonchev–Trinajstić information content (AvgIpc) is 2.02. The van der Waals surface area contributed by atoms with Crippen molar-refractivity contribution in [1.29, 1.82) is 0 Å². The van der Waals surface area contributed by atoms with Crippen LogP contribution in [-0.4, -0.2) is 38.0 Å². The normalized spacial score (nSPS) is 16.7. The Morgan fingerprint density at radius 1 is 1.29 bits per heavy atom. The number of aliphatic hydroxyl groups excluding tert-OH is 1. The number of ether oxygens (including phenoxy) is 1. The lowest BCUT2D eigenvalue weighted by Gasteiger charge is -2.27. The molecule has 0 spiro atoms. The Labute approximate surface area is 87.8 Å². The summed E-state index contributed by atoms with van der Waals surface area (Å²) in [6.45, 7) is 10.8. The molecule has 0 saturated carbocycles. The lowest BCUT2D eigenvalue weighted by molar-refractivity contribution is 0.0630. The Bertz CT molecular complexity index is 143. The highest BCUT2D eigenvalue weighted by Gasteiger charge is 2.19. The van der Waals surface area contributed by atoms with E-state index in [1.165, 1.54) is 0 Å². The van der Waals surface area contributed by atoms with Gasteiger partial charge in [0.2, 0.25) is 0 Å². The van der Waals surface area contributed by atoms with Crippen molar-refractivity contribution in [2.45, 2.75) is 33.8 Å². The second kappa shape index (κ2) is 6.38. The minimum atomic E-state index is -0.396. The fourth-order valence-electron chi connectivity index (χ4n) is 1.02. The lowest BCUT2D eigenvalue weighted by atomic mass is 9.82. The third-order valence-corrected chi connectivity index (χ3v) is 2.67. The SMILES string of the molecule is COCC(O)CNCC(C)C(C)(C)C.